The van der Waals surface area contributed by atoms with Crippen LogP contribution in [-0.2, 0) is 9.59 Å². The van der Waals surface area contributed by atoms with E-state index in [1.54, 1.807) is 24.3 Å². The lowest BCUT2D eigenvalue weighted by atomic mass is 9.97. The van der Waals surface area contributed by atoms with Crippen LogP contribution in [0.2, 0.25) is 0 Å². The number of Topliss-reactive ketones (excluding diaryl/α,β-unsaturated/α-hetero) is 1. The average molecular weight is 417 g/mol. The molecule has 1 aromatic rings. The van der Waals surface area contributed by atoms with E-state index in [0.29, 0.717) is 12.2 Å². The summed E-state index contributed by atoms with van der Waals surface area (Å²) in [7, 11) is 0. The first-order valence-corrected chi connectivity index (χ1v) is 11.6. The number of allylic oxidation sites excluding steroid dienone is 1. The van der Waals surface area contributed by atoms with Gasteiger partial charge in [0.25, 0.3) is 0 Å². The lowest BCUT2D eigenvalue weighted by Gasteiger charge is -2.13. The van der Waals surface area contributed by atoms with Crippen LogP contribution < -0.4 is 4.74 Å². The molecule has 30 heavy (non-hydrogen) atoms. The van der Waals surface area contributed by atoms with Crippen molar-refractivity contribution in [3.05, 3.63) is 42.5 Å². The Balaban J connectivity index is 2.12. The van der Waals surface area contributed by atoms with Gasteiger partial charge in [0.2, 0.25) is 0 Å². The number of benzene rings is 1. The standard InChI is InChI=1S/C26H40O4/c1-3-4-5-12-17-23(28)18-13-9-7-6-8-10-16-21-25(22(2)27)26(29)30-24-19-14-11-15-20-24/h9,11,13-15,19-20,23,25,28H,3-8,10,12,16-18,21H2,1-2H3/b13-9-/t23-,25?/m1/s1. The molecule has 1 N–H and O–H groups in total. The van der Waals surface area contributed by atoms with Crippen LogP contribution in [0.3, 0.4) is 0 Å². The zero-order valence-corrected chi connectivity index (χ0v) is 18.9. The number of hydrogen-bond donors (Lipinski definition) is 1. The molecule has 0 radical (unpaired) electrons. The fourth-order valence-electron chi connectivity index (χ4n) is 3.42. The number of carbonyl (C=O) groups is 2. The van der Waals surface area contributed by atoms with Crippen LogP contribution >= 0.6 is 0 Å². The fourth-order valence-corrected chi connectivity index (χ4v) is 3.42. The number of esters is 1. The SMILES string of the molecule is CCCCCC[C@@H](O)C/C=C\CCCCCCC(C(C)=O)C(=O)Oc1ccccc1. The third-order valence-electron chi connectivity index (χ3n) is 5.32. The topological polar surface area (TPSA) is 63.6 Å². The van der Waals surface area contributed by atoms with Gasteiger partial charge in [-0.25, -0.2) is 0 Å². The smallest absolute Gasteiger partial charge is 0.321 e. The number of hydrogen-bond acceptors (Lipinski definition) is 4. The van der Waals surface area contributed by atoms with Crippen LogP contribution in [0, 0.1) is 5.92 Å². The first-order chi connectivity index (χ1) is 14.5. The molecule has 2 atom stereocenters. The molecule has 0 fully saturated rings. The van der Waals surface area contributed by atoms with Gasteiger partial charge in [0.15, 0.2) is 0 Å². The Bertz CT molecular complexity index is 609. The fraction of sp³-hybridized carbons (Fsp3) is 0.615. The van der Waals surface area contributed by atoms with Crippen LogP contribution in [0.15, 0.2) is 42.5 Å². The maximum Gasteiger partial charge on any atom is 0.321 e. The van der Waals surface area contributed by atoms with E-state index in [9.17, 15) is 14.7 Å². The summed E-state index contributed by atoms with van der Waals surface area (Å²) in [5.41, 5.74) is 0. The minimum absolute atomic E-state index is 0.132. The summed E-state index contributed by atoms with van der Waals surface area (Å²) in [6.07, 6.45) is 16.0. The molecule has 0 aliphatic carbocycles. The van der Waals surface area contributed by atoms with Crippen molar-refractivity contribution in [3.63, 3.8) is 0 Å². The molecule has 1 rings (SSSR count). The maximum absolute atomic E-state index is 12.3. The predicted molar refractivity (Wildman–Crippen MR) is 122 cm³/mol. The molecule has 0 saturated carbocycles. The number of unbranched alkanes of at least 4 members (excludes halogenated alkanes) is 7. The monoisotopic (exact) mass is 416 g/mol. The Kier molecular flexibility index (Phi) is 14.6. The minimum atomic E-state index is -0.677. The quantitative estimate of drug-likeness (QED) is 0.105. The molecule has 0 aromatic heterocycles. The summed E-state index contributed by atoms with van der Waals surface area (Å²) in [6.45, 7) is 3.65. The number of aliphatic hydroxyl groups excluding tert-OH is 1. The van der Waals surface area contributed by atoms with E-state index >= 15 is 0 Å². The van der Waals surface area contributed by atoms with E-state index in [1.165, 1.54) is 26.2 Å². The molecule has 4 nitrogen and oxygen atoms in total. The Morgan fingerprint density at radius 3 is 2.30 bits per heavy atom. The summed E-state index contributed by atoms with van der Waals surface area (Å²) in [6, 6.07) is 8.89. The summed E-state index contributed by atoms with van der Waals surface area (Å²) < 4.78 is 5.33. The number of ether oxygens (including phenoxy) is 1. The second-order valence-electron chi connectivity index (χ2n) is 8.10. The van der Waals surface area contributed by atoms with Gasteiger partial charge < -0.3 is 9.84 Å². The number of ketones is 1. The normalized spacial score (nSPS) is 13.3. The Morgan fingerprint density at radius 2 is 1.60 bits per heavy atom. The number of rotatable bonds is 17. The average Bonchev–Trinajstić information content (AvgIpc) is 2.73. The van der Waals surface area contributed by atoms with E-state index in [-0.39, 0.29) is 11.9 Å². The molecular weight excluding hydrogens is 376 g/mol. The molecule has 0 bridgehead atoms. The highest BCUT2D eigenvalue weighted by molar-refractivity contribution is 5.98. The van der Waals surface area contributed by atoms with Gasteiger partial charge in [-0.2, -0.15) is 0 Å². The van der Waals surface area contributed by atoms with Crippen LogP contribution in [0.5, 0.6) is 5.75 Å². The van der Waals surface area contributed by atoms with E-state index in [0.717, 1.165) is 51.4 Å². The van der Waals surface area contributed by atoms with Crippen LogP contribution in [0.4, 0.5) is 0 Å². The van der Waals surface area contributed by atoms with Gasteiger partial charge >= 0.3 is 5.97 Å². The van der Waals surface area contributed by atoms with Gasteiger partial charge in [0.05, 0.1) is 6.10 Å². The van der Waals surface area contributed by atoms with E-state index < -0.39 is 11.9 Å². The molecular formula is C26H40O4. The third-order valence-corrected chi connectivity index (χ3v) is 5.32. The number of para-hydroxylation sites is 1. The second kappa shape index (κ2) is 16.8. The Morgan fingerprint density at radius 1 is 0.933 bits per heavy atom. The first kappa shape index (κ1) is 26.1. The third kappa shape index (κ3) is 12.6. The molecule has 0 heterocycles. The van der Waals surface area contributed by atoms with E-state index in [4.69, 9.17) is 4.74 Å². The summed E-state index contributed by atoms with van der Waals surface area (Å²) in [5.74, 6) is -0.785. The highest BCUT2D eigenvalue weighted by Crippen LogP contribution is 2.17. The first-order valence-electron chi connectivity index (χ1n) is 11.6. The van der Waals surface area contributed by atoms with Gasteiger partial charge in [0, 0.05) is 0 Å². The Hall–Kier alpha value is -1.94. The van der Waals surface area contributed by atoms with Crippen LogP contribution in [-0.4, -0.2) is 23.0 Å². The van der Waals surface area contributed by atoms with Crippen LogP contribution in [0.1, 0.15) is 90.9 Å². The molecule has 168 valence electrons. The number of carbonyl (C=O) groups excluding carboxylic acids is 2. The van der Waals surface area contributed by atoms with Crippen molar-refractivity contribution in [2.45, 2.75) is 97.0 Å². The molecule has 0 aliphatic heterocycles. The summed E-state index contributed by atoms with van der Waals surface area (Å²) in [5, 5.41) is 9.94. The Labute approximate surface area is 182 Å². The minimum Gasteiger partial charge on any atom is -0.426 e. The largest absolute Gasteiger partial charge is 0.426 e. The van der Waals surface area contributed by atoms with Crippen molar-refractivity contribution < 1.29 is 19.4 Å². The van der Waals surface area contributed by atoms with E-state index in [2.05, 4.69) is 19.1 Å². The molecule has 0 aliphatic rings. The van der Waals surface area contributed by atoms with Crippen molar-refractivity contribution >= 4 is 11.8 Å². The summed E-state index contributed by atoms with van der Waals surface area (Å²) >= 11 is 0. The van der Waals surface area contributed by atoms with Gasteiger partial charge in [-0.3, -0.25) is 9.59 Å². The van der Waals surface area contributed by atoms with Gasteiger partial charge in [-0.1, -0.05) is 82.2 Å². The van der Waals surface area contributed by atoms with Gasteiger partial charge in [-0.05, 0) is 51.2 Å². The van der Waals surface area contributed by atoms with Crippen molar-refractivity contribution in [3.8, 4) is 5.75 Å². The maximum atomic E-state index is 12.3. The van der Waals surface area contributed by atoms with Crippen molar-refractivity contribution in [2.75, 3.05) is 0 Å². The highest BCUT2D eigenvalue weighted by Gasteiger charge is 2.24. The van der Waals surface area contributed by atoms with Gasteiger partial charge in [0.1, 0.15) is 17.5 Å². The number of aliphatic hydroxyl groups is 1. The molecule has 1 unspecified atom stereocenters. The van der Waals surface area contributed by atoms with Crippen molar-refractivity contribution in [1.29, 1.82) is 0 Å². The van der Waals surface area contributed by atoms with E-state index in [1.807, 2.05) is 6.07 Å². The molecule has 4 heteroatoms. The highest BCUT2D eigenvalue weighted by atomic mass is 16.5. The molecule has 0 saturated heterocycles. The zero-order valence-electron chi connectivity index (χ0n) is 18.9. The predicted octanol–water partition coefficient (Wildman–Crippen LogP) is 6.42. The molecule has 1 aromatic carbocycles. The molecule has 0 spiro atoms. The molecule has 0 amide bonds. The van der Waals surface area contributed by atoms with Crippen LogP contribution in [0.25, 0.3) is 0 Å². The van der Waals surface area contributed by atoms with Crippen molar-refractivity contribution in [1.82, 2.24) is 0 Å². The second-order valence-corrected chi connectivity index (χ2v) is 8.10. The lowest BCUT2D eigenvalue weighted by molar-refractivity contribution is -0.143. The zero-order chi connectivity index (χ0) is 22.0. The van der Waals surface area contributed by atoms with Crippen molar-refractivity contribution in [2.24, 2.45) is 5.92 Å². The lowest BCUT2D eigenvalue weighted by Crippen LogP contribution is -2.26. The van der Waals surface area contributed by atoms with Gasteiger partial charge in [-0.15, -0.1) is 0 Å². The summed E-state index contributed by atoms with van der Waals surface area (Å²) in [4.78, 5) is 24.1.